The first kappa shape index (κ1) is 9.57. The van der Waals surface area contributed by atoms with Gasteiger partial charge in [0, 0.05) is 19.6 Å². The average molecular weight is 197 g/mol. The van der Waals surface area contributed by atoms with Gasteiger partial charge in [0.1, 0.15) is 0 Å². The fourth-order valence-electron chi connectivity index (χ4n) is 1.58. The zero-order chi connectivity index (χ0) is 9.97. The Morgan fingerprint density at radius 3 is 3.21 bits per heavy atom. The normalized spacial score (nSPS) is 24.0. The monoisotopic (exact) mass is 197 g/mol. The lowest BCUT2D eigenvalue weighted by Gasteiger charge is -2.30. The first-order chi connectivity index (χ1) is 6.81. The Kier molecular flexibility index (Phi) is 2.76. The van der Waals surface area contributed by atoms with Crippen molar-refractivity contribution in [3.63, 3.8) is 0 Å². The van der Waals surface area contributed by atoms with E-state index in [1.807, 2.05) is 0 Å². The number of rotatable bonds is 2. The van der Waals surface area contributed by atoms with Crippen molar-refractivity contribution in [3.05, 3.63) is 11.7 Å². The molecule has 6 heteroatoms. The minimum absolute atomic E-state index is 0.202. The fourth-order valence-corrected chi connectivity index (χ4v) is 1.58. The Morgan fingerprint density at radius 1 is 1.71 bits per heavy atom. The van der Waals surface area contributed by atoms with Crippen LogP contribution in [0, 0.1) is 0 Å². The maximum Gasteiger partial charge on any atom is 0.240 e. The fraction of sp³-hybridized carbons (Fsp3) is 0.750. The summed E-state index contributed by atoms with van der Waals surface area (Å²) < 4.78 is 4.97. The standard InChI is InChI=1S/C8H15N5O/c1-13-3-2-10-5-6(13)8-11-7(4-9)14-12-8/h6,10H,2-5,9H2,1H3. The molecule has 1 fully saturated rings. The molecule has 1 aromatic heterocycles. The Labute approximate surface area is 82.4 Å². The summed E-state index contributed by atoms with van der Waals surface area (Å²) in [7, 11) is 2.06. The number of nitrogens with two attached hydrogens (primary N) is 1. The van der Waals surface area contributed by atoms with E-state index in [1.54, 1.807) is 0 Å². The summed E-state index contributed by atoms with van der Waals surface area (Å²) in [6, 6.07) is 0.202. The second-order valence-corrected chi connectivity index (χ2v) is 3.45. The van der Waals surface area contributed by atoms with Crippen molar-refractivity contribution in [1.82, 2.24) is 20.4 Å². The Morgan fingerprint density at radius 2 is 2.57 bits per heavy atom. The number of likely N-dealkylation sites (N-methyl/N-ethyl adjacent to an activating group) is 1. The minimum Gasteiger partial charge on any atom is -0.338 e. The third-order valence-electron chi connectivity index (χ3n) is 2.47. The van der Waals surface area contributed by atoms with Crippen LogP contribution in [0.5, 0.6) is 0 Å². The molecule has 1 saturated heterocycles. The van der Waals surface area contributed by atoms with Crippen LogP contribution in [-0.4, -0.2) is 41.7 Å². The lowest BCUT2D eigenvalue weighted by molar-refractivity contribution is 0.190. The third kappa shape index (κ3) is 1.77. The van der Waals surface area contributed by atoms with Crippen molar-refractivity contribution >= 4 is 0 Å². The lowest BCUT2D eigenvalue weighted by atomic mass is 10.2. The molecule has 0 amide bonds. The highest BCUT2D eigenvalue weighted by Gasteiger charge is 2.24. The highest BCUT2D eigenvalue weighted by Crippen LogP contribution is 2.17. The minimum atomic E-state index is 0.202. The molecule has 2 heterocycles. The summed E-state index contributed by atoms with van der Waals surface area (Å²) in [6.07, 6.45) is 0. The smallest absolute Gasteiger partial charge is 0.240 e. The van der Waals surface area contributed by atoms with E-state index in [9.17, 15) is 0 Å². The average Bonchev–Trinajstić information content (AvgIpc) is 2.67. The zero-order valence-corrected chi connectivity index (χ0v) is 8.23. The van der Waals surface area contributed by atoms with Crippen LogP contribution in [0.2, 0.25) is 0 Å². The molecule has 0 saturated carbocycles. The van der Waals surface area contributed by atoms with Gasteiger partial charge in [-0.15, -0.1) is 0 Å². The molecule has 3 N–H and O–H groups in total. The second-order valence-electron chi connectivity index (χ2n) is 3.45. The first-order valence-corrected chi connectivity index (χ1v) is 4.74. The molecule has 1 atom stereocenters. The van der Waals surface area contributed by atoms with Gasteiger partial charge < -0.3 is 15.6 Å². The van der Waals surface area contributed by atoms with Crippen LogP contribution in [0.15, 0.2) is 4.52 Å². The molecule has 0 spiro atoms. The van der Waals surface area contributed by atoms with Crippen molar-refractivity contribution in [2.24, 2.45) is 5.73 Å². The van der Waals surface area contributed by atoms with E-state index in [4.69, 9.17) is 10.3 Å². The van der Waals surface area contributed by atoms with Gasteiger partial charge in [0.2, 0.25) is 5.89 Å². The van der Waals surface area contributed by atoms with E-state index in [1.165, 1.54) is 0 Å². The summed E-state index contributed by atoms with van der Waals surface area (Å²) in [5.74, 6) is 1.22. The second kappa shape index (κ2) is 4.04. The van der Waals surface area contributed by atoms with Crippen LogP contribution in [0.1, 0.15) is 17.8 Å². The van der Waals surface area contributed by atoms with Gasteiger partial charge in [-0.25, -0.2) is 0 Å². The number of hydrogen-bond acceptors (Lipinski definition) is 6. The van der Waals surface area contributed by atoms with Gasteiger partial charge in [-0.3, -0.25) is 4.90 Å². The third-order valence-corrected chi connectivity index (χ3v) is 2.47. The summed E-state index contributed by atoms with van der Waals surface area (Å²) >= 11 is 0. The Bertz CT molecular complexity index is 300. The predicted molar refractivity (Wildman–Crippen MR) is 50.4 cm³/mol. The Balaban J connectivity index is 2.12. The summed E-state index contributed by atoms with van der Waals surface area (Å²) in [5, 5.41) is 7.21. The molecule has 2 rings (SSSR count). The quantitative estimate of drug-likeness (QED) is 0.640. The van der Waals surface area contributed by atoms with Gasteiger partial charge in [0.25, 0.3) is 0 Å². The molecule has 1 aliphatic heterocycles. The molecule has 0 aromatic carbocycles. The van der Waals surface area contributed by atoms with Crippen LogP contribution in [0.3, 0.4) is 0 Å². The zero-order valence-electron chi connectivity index (χ0n) is 8.23. The molecule has 0 bridgehead atoms. The van der Waals surface area contributed by atoms with Crippen LogP contribution in [-0.2, 0) is 6.54 Å². The molecular formula is C8H15N5O. The summed E-state index contributed by atoms with van der Waals surface area (Å²) in [4.78, 5) is 6.43. The molecule has 1 aliphatic rings. The molecular weight excluding hydrogens is 182 g/mol. The van der Waals surface area contributed by atoms with E-state index in [0.717, 1.165) is 25.5 Å². The van der Waals surface area contributed by atoms with Gasteiger partial charge in [0.15, 0.2) is 5.82 Å². The van der Waals surface area contributed by atoms with Crippen molar-refractivity contribution in [2.45, 2.75) is 12.6 Å². The maximum absolute atomic E-state index is 5.40. The van der Waals surface area contributed by atoms with E-state index in [2.05, 4.69) is 27.4 Å². The van der Waals surface area contributed by atoms with Crippen LogP contribution in [0.25, 0.3) is 0 Å². The number of aromatic nitrogens is 2. The van der Waals surface area contributed by atoms with Crippen molar-refractivity contribution in [2.75, 3.05) is 26.7 Å². The number of nitrogens with zero attached hydrogens (tertiary/aromatic N) is 3. The summed E-state index contributed by atoms with van der Waals surface area (Å²) in [5.41, 5.74) is 5.40. The predicted octanol–water partition coefficient (Wildman–Crippen LogP) is -0.896. The Hall–Kier alpha value is -0.980. The van der Waals surface area contributed by atoms with Gasteiger partial charge >= 0.3 is 0 Å². The highest BCUT2D eigenvalue weighted by atomic mass is 16.5. The molecule has 6 nitrogen and oxygen atoms in total. The van der Waals surface area contributed by atoms with Gasteiger partial charge in [-0.2, -0.15) is 4.98 Å². The van der Waals surface area contributed by atoms with E-state index in [0.29, 0.717) is 12.4 Å². The molecule has 14 heavy (non-hydrogen) atoms. The molecule has 78 valence electrons. The maximum atomic E-state index is 5.40. The molecule has 1 aromatic rings. The number of hydrogen-bond donors (Lipinski definition) is 2. The largest absolute Gasteiger partial charge is 0.338 e. The van der Waals surface area contributed by atoms with E-state index >= 15 is 0 Å². The van der Waals surface area contributed by atoms with E-state index < -0.39 is 0 Å². The topological polar surface area (TPSA) is 80.2 Å². The SMILES string of the molecule is CN1CCNCC1c1noc(CN)n1. The lowest BCUT2D eigenvalue weighted by Crippen LogP contribution is -2.44. The van der Waals surface area contributed by atoms with Gasteiger partial charge in [-0.1, -0.05) is 5.16 Å². The van der Waals surface area contributed by atoms with Gasteiger partial charge in [-0.05, 0) is 7.05 Å². The van der Waals surface area contributed by atoms with Crippen molar-refractivity contribution < 1.29 is 4.52 Å². The van der Waals surface area contributed by atoms with Crippen LogP contribution in [0.4, 0.5) is 0 Å². The summed E-state index contributed by atoms with van der Waals surface area (Å²) in [6.45, 7) is 3.17. The van der Waals surface area contributed by atoms with Crippen LogP contribution < -0.4 is 11.1 Å². The van der Waals surface area contributed by atoms with E-state index in [-0.39, 0.29) is 6.04 Å². The first-order valence-electron chi connectivity index (χ1n) is 4.74. The molecule has 1 unspecified atom stereocenters. The van der Waals surface area contributed by atoms with Crippen molar-refractivity contribution in [3.8, 4) is 0 Å². The number of piperazine rings is 1. The van der Waals surface area contributed by atoms with Crippen molar-refractivity contribution in [1.29, 1.82) is 0 Å². The number of nitrogens with one attached hydrogen (secondary N) is 1. The highest BCUT2D eigenvalue weighted by molar-refractivity contribution is 4.97. The van der Waals surface area contributed by atoms with Gasteiger partial charge in [0.05, 0.1) is 12.6 Å². The molecule has 0 radical (unpaired) electrons. The molecule has 0 aliphatic carbocycles. The van der Waals surface area contributed by atoms with Crippen LogP contribution >= 0.6 is 0 Å².